The molecule has 18 heavy (non-hydrogen) atoms. The van der Waals surface area contributed by atoms with E-state index < -0.39 is 28.8 Å². The molecule has 0 amide bonds. The Morgan fingerprint density at radius 1 is 1.22 bits per heavy atom. The molecule has 0 aliphatic carbocycles. The summed E-state index contributed by atoms with van der Waals surface area (Å²) in [6.45, 7) is 0.723. The molecule has 0 saturated heterocycles. The summed E-state index contributed by atoms with van der Waals surface area (Å²) in [4.78, 5) is 0.0384. The Morgan fingerprint density at radius 2 is 1.72 bits per heavy atom. The summed E-state index contributed by atoms with van der Waals surface area (Å²) in [6.07, 6.45) is 0.272. The number of nitrogens with one attached hydrogen (secondary N) is 1. The fourth-order valence-electron chi connectivity index (χ4n) is 1.40. The molecule has 5 N–H and O–H groups in total. The van der Waals surface area contributed by atoms with E-state index in [0.29, 0.717) is 5.69 Å². The molecule has 1 rings (SSSR count). The molecule has 0 heterocycles. The fourth-order valence-corrected chi connectivity index (χ4v) is 2.86. The fraction of sp³-hybridized carbons (Fsp3) is 0.455. The highest BCUT2D eigenvalue weighted by molar-refractivity contribution is 7.89. The van der Waals surface area contributed by atoms with Gasteiger partial charge in [0.05, 0.1) is 23.6 Å². The van der Waals surface area contributed by atoms with Crippen molar-refractivity contribution in [2.45, 2.75) is 23.8 Å². The molecule has 0 fully saturated rings. The van der Waals surface area contributed by atoms with Crippen LogP contribution in [0.3, 0.4) is 0 Å². The van der Waals surface area contributed by atoms with Crippen molar-refractivity contribution >= 4 is 15.7 Å². The molecule has 0 aromatic heterocycles. The van der Waals surface area contributed by atoms with Crippen molar-refractivity contribution in [3.8, 4) is 0 Å². The van der Waals surface area contributed by atoms with Crippen LogP contribution in [0.5, 0.6) is 0 Å². The summed E-state index contributed by atoms with van der Waals surface area (Å²) in [7, 11) is -3.80. The van der Waals surface area contributed by atoms with Crippen LogP contribution < -0.4 is 10.5 Å². The van der Waals surface area contributed by atoms with Gasteiger partial charge in [-0.1, -0.05) is 6.92 Å². The highest BCUT2D eigenvalue weighted by Gasteiger charge is 2.32. The molecule has 1 aromatic carbocycles. The monoisotopic (exact) mass is 274 g/mol. The number of hydrogen-bond acceptors (Lipinski definition) is 5. The van der Waals surface area contributed by atoms with Gasteiger partial charge in [-0.05, 0) is 30.7 Å². The Balaban J connectivity index is 3.04. The lowest BCUT2D eigenvalue weighted by atomic mass is 10.0. The maximum absolute atomic E-state index is 12.1. The van der Waals surface area contributed by atoms with Crippen molar-refractivity contribution in [1.29, 1.82) is 0 Å². The maximum Gasteiger partial charge on any atom is 0.241 e. The van der Waals surface area contributed by atoms with Gasteiger partial charge in [0.25, 0.3) is 0 Å². The molecule has 0 atom stereocenters. The van der Waals surface area contributed by atoms with Crippen LogP contribution in [0.4, 0.5) is 5.69 Å². The minimum atomic E-state index is -3.80. The van der Waals surface area contributed by atoms with Crippen molar-refractivity contribution in [3.05, 3.63) is 24.3 Å². The molecule has 0 aliphatic heterocycles. The van der Waals surface area contributed by atoms with Crippen LogP contribution >= 0.6 is 0 Å². The van der Waals surface area contributed by atoms with Gasteiger partial charge >= 0.3 is 0 Å². The summed E-state index contributed by atoms with van der Waals surface area (Å²) in [5.74, 6) is 0. The third-order valence-electron chi connectivity index (χ3n) is 2.82. The SMILES string of the molecule is CCC(CO)(CO)NS(=O)(=O)c1ccc(N)cc1. The molecule has 0 bridgehead atoms. The molecule has 0 saturated carbocycles. The van der Waals surface area contributed by atoms with Gasteiger partial charge in [0.2, 0.25) is 10.0 Å². The Bertz CT molecular complexity index is 472. The van der Waals surface area contributed by atoms with Crippen LogP contribution in [-0.4, -0.2) is 37.4 Å². The minimum Gasteiger partial charge on any atom is -0.399 e. The van der Waals surface area contributed by atoms with Crippen molar-refractivity contribution < 1.29 is 18.6 Å². The first-order valence-electron chi connectivity index (χ1n) is 5.50. The Hall–Kier alpha value is -1.15. The highest BCUT2D eigenvalue weighted by Crippen LogP contribution is 2.17. The molecule has 0 unspecified atom stereocenters. The number of benzene rings is 1. The van der Waals surface area contributed by atoms with E-state index in [0.717, 1.165) is 0 Å². The molecule has 1 aromatic rings. The summed E-state index contributed by atoms with van der Waals surface area (Å²) >= 11 is 0. The molecule has 7 heteroatoms. The van der Waals surface area contributed by atoms with Crippen molar-refractivity contribution in [3.63, 3.8) is 0 Å². The predicted molar refractivity (Wildman–Crippen MR) is 68.4 cm³/mol. The second-order valence-corrected chi connectivity index (χ2v) is 5.81. The van der Waals surface area contributed by atoms with Gasteiger partial charge in [-0.3, -0.25) is 0 Å². The van der Waals surface area contributed by atoms with Gasteiger partial charge in [-0.2, -0.15) is 0 Å². The van der Waals surface area contributed by atoms with E-state index in [9.17, 15) is 18.6 Å². The Labute approximate surface area is 106 Å². The van der Waals surface area contributed by atoms with Crippen LogP contribution in [0, 0.1) is 0 Å². The lowest BCUT2D eigenvalue weighted by molar-refractivity contribution is 0.105. The molecule has 0 aliphatic rings. The van der Waals surface area contributed by atoms with Gasteiger partial charge < -0.3 is 15.9 Å². The third kappa shape index (κ3) is 3.20. The Kier molecular flexibility index (Phi) is 4.69. The highest BCUT2D eigenvalue weighted by atomic mass is 32.2. The van der Waals surface area contributed by atoms with Gasteiger partial charge in [-0.25, -0.2) is 13.1 Å². The molecule has 6 nitrogen and oxygen atoms in total. The van der Waals surface area contributed by atoms with E-state index in [4.69, 9.17) is 5.73 Å². The molecule has 0 radical (unpaired) electrons. The largest absolute Gasteiger partial charge is 0.399 e. The summed E-state index contributed by atoms with van der Waals surface area (Å²) in [6, 6.07) is 5.68. The zero-order valence-electron chi connectivity index (χ0n) is 10.1. The smallest absolute Gasteiger partial charge is 0.241 e. The van der Waals surface area contributed by atoms with Crippen LogP contribution in [0.1, 0.15) is 13.3 Å². The average Bonchev–Trinajstić information content (AvgIpc) is 2.37. The predicted octanol–water partition coefficient (Wildman–Crippen LogP) is -0.319. The van der Waals surface area contributed by atoms with Crippen molar-refractivity contribution in [2.24, 2.45) is 0 Å². The number of hydrogen-bond donors (Lipinski definition) is 4. The van der Waals surface area contributed by atoms with E-state index in [1.165, 1.54) is 24.3 Å². The topological polar surface area (TPSA) is 113 Å². The normalized spacial score (nSPS) is 12.6. The van der Waals surface area contributed by atoms with Crippen LogP contribution in [-0.2, 0) is 10.0 Å². The van der Waals surface area contributed by atoms with Gasteiger partial charge in [-0.15, -0.1) is 0 Å². The molecular weight excluding hydrogens is 256 g/mol. The average molecular weight is 274 g/mol. The lowest BCUT2D eigenvalue weighted by Crippen LogP contribution is -2.53. The van der Waals surface area contributed by atoms with E-state index in [1.807, 2.05) is 0 Å². The van der Waals surface area contributed by atoms with Gasteiger partial charge in [0.15, 0.2) is 0 Å². The standard InChI is InChI=1S/C11H18N2O4S/c1-2-11(7-14,8-15)13-18(16,17)10-5-3-9(12)4-6-10/h3-6,13-15H,2,7-8,12H2,1H3. The number of anilines is 1. The van der Waals surface area contributed by atoms with Crippen molar-refractivity contribution in [2.75, 3.05) is 18.9 Å². The van der Waals surface area contributed by atoms with Gasteiger partial charge in [0, 0.05) is 5.69 Å². The first kappa shape index (κ1) is 14.9. The third-order valence-corrected chi connectivity index (χ3v) is 4.42. The van der Waals surface area contributed by atoms with E-state index in [2.05, 4.69) is 4.72 Å². The molecule has 0 spiro atoms. The zero-order valence-corrected chi connectivity index (χ0v) is 10.9. The number of sulfonamides is 1. The van der Waals surface area contributed by atoms with Crippen molar-refractivity contribution in [1.82, 2.24) is 4.72 Å². The van der Waals surface area contributed by atoms with Crippen LogP contribution in [0.25, 0.3) is 0 Å². The maximum atomic E-state index is 12.1. The number of nitrogen functional groups attached to an aromatic ring is 1. The Morgan fingerprint density at radius 3 is 2.11 bits per heavy atom. The van der Waals surface area contributed by atoms with Gasteiger partial charge in [0.1, 0.15) is 0 Å². The molecular formula is C11H18N2O4S. The second-order valence-electron chi connectivity index (χ2n) is 4.12. The summed E-state index contributed by atoms with van der Waals surface area (Å²) < 4.78 is 26.4. The number of rotatable bonds is 6. The van der Waals surface area contributed by atoms with Crippen LogP contribution in [0.2, 0.25) is 0 Å². The first-order chi connectivity index (χ1) is 8.39. The van der Waals surface area contributed by atoms with E-state index in [1.54, 1.807) is 6.92 Å². The quantitative estimate of drug-likeness (QED) is 0.531. The summed E-state index contributed by atoms with van der Waals surface area (Å²) in [5.41, 5.74) is 4.69. The lowest BCUT2D eigenvalue weighted by Gasteiger charge is -2.29. The zero-order chi connectivity index (χ0) is 13.8. The molecule has 102 valence electrons. The first-order valence-corrected chi connectivity index (χ1v) is 6.99. The summed E-state index contributed by atoms with van der Waals surface area (Å²) in [5, 5.41) is 18.4. The minimum absolute atomic E-state index is 0.0384. The van der Waals surface area contributed by atoms with E-state index in [-0.39, 0.29) is 11.3 Å². The van der Waals surface area contributed by atoms with Crippen LogP contribution in [0.15, 0.2) is 29.2 Å². The second kappa shape index (κ2) is 5.66. The number of nitrogens with two attached hydrogens (primary N) is 1. The van der Waals surface area contributed by atoms with E-state index >= 15 is 0 Å². The number of aliphatic hydroxyl groups excluding tert-OH is 2. The number of aliphatic hydroxyl groups is 2.